The molecule has 0 saturated carbocycles. The summed E-state index contributed by atoms with van der Waals surface area (Å²) in [5.74, 6) is -0.417. The molecule has 0 bridgehead atoms. The van der Waals surface area contributed by atoms with Gasteiger partial charge in [-0.2, -0.15) is 4.31 Å². The molecule has 1 amide bonds. The minimum Gasteiger partial charge on any atom is -0.324 e. The zero-order valence-electron chi connectivity index (χ0n) is 17.7. The average Bonchev–Trinajstić information content (AvgIpc) is 2.72. The van der Waals surface area contributed by atoms with Gasteiger partial charge in [0.05, 0.1) is 11.4 Å². The highest BCUT2D eigenvalue weighted by atomic mass is 35.5. The molecule has 7 heteroatoms. The molecule has 5 nitrogen and oxygen atoms in total. The predicted octanol–water partition coefficient (Wildman–Crippen LogP) is 5.09. The first-order chi connectivity index (χ1) is 14.7. The predicted molar refractivity (Wildman–Crippen MR) is 125 cm³/mol. The van der Waals surface area contributed by atoms with Crippen LogP contribution in [0.1, 0.15) is 22.3 Å². The van der Waals surface area contributed by atoms with E-state index in [0.717, 1.165) is 21.0 Å². The van der Waals surface area contributed by atoms with Crippen LogP contribution in [0.5, 0.6) is 0 Å². The summed E-state index contributed by atoms with van der Waals surface area (Å²) in [5, 5.41) is 3.31. The standard InChI is InChI=1S/C24H25ClN2O3S/c1-17-11-13-21(14-12-17)31(29,30)27(15-20-9-4-5-10-22(20)25)16-23(28)26-24-18(2)7-6-8-19(24)3/h4-14H,15-16H2,1-3H3,(H,26,28). The fourth-order valence-corrected chi connectivity index (χ4v) is 4.82. The quantitative estimate of drug-likeness (QED) is 0.538. The van der Waals surface area contributed by atoms with Crippen LogP contribution >= 0.6 is 11.6 Å². The highest BCUT2D eigenvalue weighted by Gasteiger charge is 2.27. The second-order valence-electron chi connectivity index (χ2n) is 7.49. The molecule has 162 valence electrons. The van der Waals surface area contributed by atoms with Gasteiger partial charge in [0.25, 0.3) is 0 Å². The lowest BCUT2D eigenvalue weighted by atomic mass is 10.1. The lowest BCUT2D eigenvalue weighted by molar-refractivity contribution is -0.116. The van der Waals surface area contributed by atoms with Crippen molar-refractivity contribution in [1.29, 1.82) is 0 Å². The van der Waals surface area contributed by atoms with E-state index in [4.69, 9.17) is 11.6 Å². The Morgan fingerprint density at radius 1 is 0.903 bits per heavy atom. The van der Waals surface area contributed by atoms with Gasteiger partial charge in [-0.15, -0.1) is 0 Å². The summed E-state index contributed by atoms with van der Waals surface area (Å²) in [5.41, 5.74) is 4.09. The minimum atomic E-state index is -3.93. The van der Waals surface area contributed by atoms with Crippen molar-refractivity contribution in [2.75, 3.05) is 11.9 Å². The highest BCUT2D eigenvalue weighted by Crippen LogP contribution is 2.24. The van der Waals surface area contributed by atoms with Crippen molar-refractivity contribution in [3.63, 3.8) is 0 Å². The third-order valence-electron chi connectivity index (χ3n) is 5.03. The van der Waals surface area contributed by atoms with Crippen LogP contribution in [-0.4, -0.2) is 25.2 Å². The molecule has 0 spiro atoms. The Hall–Kier alpha value is -2.67. The van der Waals surface area contributed by atoms with Crippen molar-refractivity contribution in [3.05, 3.63) is 94.0 Å². The number of anilines is 1. The van der Waals surface area contributed by atoms with Crippen molar-refractivity contribution in [3.8, 4) is 0 Å². The van der Waals surface area contributed by atoms with Crippen LogP contribution < -0.4 is 5.32 Å². The van der Waals surface area contributed by atoms with Crippen molar-refractivity contribution in [2.45, 2.75) is 32.2 Å². The third kappa shape index (κ3) is 5.53. The van der Waals surface area contributed by atoms with Gasteiger partial charge in [-0.05, 0) is 55.7 Å². The number of sulfonamides is 1. The normalized spacial score (nSPS) is 11.5. The second-order valence-corrected chi connectivity index (χ2v) is 9.84. The van der Waals surface area contributed by atoms with E-state index in [2.05, 4.69) is 5.32 Å². The van der Waals surface area contributed by atoms with E-state index in [1.807, 2.05) is 39.0 Å². The SMILES string of the molecule is Cc1ccc(S(=O)(=O)N(CC(=O)Nc2c(C)cccc2C)Cc2ccccc2Cl)cc1. The number of nitrogens with one attached hydrogen (secondary N) is 1. The topological polar surface area (TPSA) is 66.5 Å². The summed E-state index contributed by atoms with van der Waals surface area (Å²) < 4.78 is 27.9. The number of aryl methyl sites for hydroxylation is 3. The fourth-order valence-electron chi connectivity index (χ4n) is 3.25. The van der Waals surface area contributed by atoms with Gasteiger partial charge in [-0.1, -0.05) is 65.7 Å². The second kappa shape index (κ2) is 9.64. The molecule has 31 heavy (non-hydrogen) atoms. The van der Waals surface area contributed by atoms with Gasteiger partial charge in [0.2, 0.25) is 15.9 Å². The van der Waals surface area contributed by atoms with Gasteiger partial charge in [0, 0.05) is 17.3 Å². The van der Waals surface area contributed by atoms with Crippen molar-refractivity contribution < 1.29 is 13.2 Å². The highest BCUT2D eigenvalue weighted by molar-refractivity contribution is 7.89. The zero-order chi connectivity index (χ0) is 22.6. The molecule has 0 heterocycles. The summed E-state index contributed by atoms with van der Waals surface area (Å²) in [6.45, 7) is 5.32. The van der Waals surface area contributed by atoms with Crippen molar-refractivity contribution in [1.82, 2.24) is 4.31 Å². The maximum Gasteiger partial charge on any atom is 0.243 e. The first-order valence-electron chi connectivity index (χ1n) is 9.85. The van der Waals surface area contributed by atoms with Gasteiger partial charge in [0.1, 0.15) is 0 Å². The Labute approximate surface area is 188 Å². The molecule has 3 aromatic rings. The largest absolute Gasteiger partial charge is 0.324 e. The van der Waals surface area contributed by atoms with Crippen LogP contribution in [0.3, 0.4) is 0 Å². The molecule has 0 unspecified atom stereocenters. The van der Waals surface area contributed by atoms with Gasteiger partial charge < -0.3 is 5.32 Å². The number of hydrogen-bond acceptors (Lipinski definition) is 3. The van der Waals surface area contributed by atoms with Crippen LogP contribution in [0.15, 0.2) is 71.6 Å². The molecule has 0 radical (unpaired) electrons. The molecule has 3 rings (SSSR count). The Balaban J connectivity index is 1.92. The van der Waals surface area contributed by atoms with E-state index in [9.17, 15) is 13.2 Å². The minimum absolute atomic E-state index is 0.0178. The van der Waals surface area contributed by atoms with E-state index in [1.54, 1.807) is 48.5 Å². The number of para-hydroxylation sites is 1. The number of carbonyl (C=O) groups is 1. The number of benzene rings is 3. The molecule has 0 fully saturated rings. The molecule has 3 aromatic carbocycles. The van der Waals surface area contributed by atoms with Crippen LogP contribution in [-0.2, 0) is 21.4 Å². The summed E-state index contributed by atoms with van der Waals surface area (Å²) >= 11 is 6.27. The lowest BCUT2D eigenvalue weighted by Gasteiger charge is -2.23. The summed E-state index contributed by atoms with van der Waals surface area (Å²) in [6, 6.07) is 19.3. The van der Waals surface area contributed by atoms with Gasteiger partial charge in [-0.3, -0.25) is 4.79 Å². The molecule has 0 aliphatic carbocycles. The van der Waals surface area contributed by atoms with E-state index in [0.29, 0.717) is 16.3 Å². The van der Waals surface area contributed by atoms with Crippen LogP contribution in [0.2, 0.25) is 5.02 Å². The van der Waals surface area contributed by atoms with Gasteiger partial charge in [0.15, 0.2) is 0 Å². The number of halogens is 1. The van der Waals surface area contributed by atoms with E-state index >= 15 is 0 Å². The third-order valence-corrected chi connectivity index (χ3v) is 7.20. The maximum atomic E-state index is 13.4. The van der Waals surface area contributed by atoms with Gasteiger partial charge in [-0.25, -0.2) is 8.42 Å². The number of carbonyl (C=O) groups excluding carboxylic acids is 1. The number of hydrogen-bond donors (Lipinski definition) is 1. The van der Waals surface area contributed by atoms with E-state index in [1.165, 1.54) is 0 Å². The van der Waals surface area contributed by atoms with Crippen LogP contribution in [0, 0.1) is 20.8 Å². The summed E-state index contributed by atoms with van der Waals surface area (Å²) in [4.78, 5) is 13.0. The summed E-state index contributed by atoms with van der Waals surface area (Å²) in [7, 11) is -3.93. The van der Waals surface area contributed by atoms with Crippen LogP contribution in [0.4, 0.5) is 5.69 Å². The molecule has 0 atom stereocenters. The average molecular weight is 457 g/mol. The monoisotopic (exact) mass is 456 g/mol. The Kier molecular flexibility index (Phi) is 7.15. The fraction of sp³-hybridized carbons (Fsp3) is 0.208. The van der Waals surface area contributed by atoms with E-state index < -0.39 is 15.9 Å². The first kappa shape index (κ1) is 23.0. The summed E-state index contributed by atoms with van der Waals surface area (Å²) in [6.07, 6.45) is 0. The molecule has 1 N–H and O–H groups in total. The van der Waals surface area contributed by atoms with E-state index in [-0.39, 0.29) is 18.0 Å². The number of nitrogens with zero attached hydrogens (tertiary/aromatic N) is 1. The first-order valence-corrected chi connectivity index (χ1v) is 11.7. The Morgan fingerprint density at radius 2 is 1.52 bits per heavy atom. The molecular formula is C24H25ClN2O3S. The van der Waals surface area contributed by atoms with Gasteiger partial charge >= 0.3 is 0 Å². The van der Waals surface area contributed by atoms with Crippen LogP contribution in [0.25, 0.3) is 0 Å². The zero-order valence-corrected chi connectivity index (χ0v) is 19.3. The van der Waals surface area contributed by atoms with Crippen molar-refractivity contribution in [2.24, 2.45) is 0 Å². The smallest absolute Gasteiger partial charge is 0.243 e. The molecule has 0 aliphatic rings. The molecular weight excluding hydrogens is 432 g/mol. The number of amides is 1. The molecule has 0 aromatic heterocycles. The Bertz CT molecular complexity index is 1170. The molecule has 0 aliphatic heterocycles. The van der Waals surface area contributed by atoms with Crippen molar-refractivity contribution >= 4 is 33.2 Å². The Morgan fingerprint density at radius 3 is 2.13 bits per heavy atom. The maximum absolute atomic E-state index is 13.4. The molecule has 0 saturated heterocycles. The lowest BCUT2D eigenvalue weighted by Crippen LogP contribution is -2.37. The number of rotatable bonds is 7.